The molecule has 0 atom stereocenters. The fourth-order valence-corrected chi connectivity index (χ4v) is 2.20. The first-order valence-electron chi connectivity index (χ1n) is 5.46. The summed E-state index contributed by atoms with van der Waals surface area (Å²) >= 11 is 9.32. The minimum atomic E-state index is 0.131. The second-order valence-electron chi connectivity index (χ2n) is 3.92. The zero-order chi connectivity index (χ0) is 12.3. The number of hydrogen-bond donors (Lipinski definition) is 0. The smallest absolute Gasteiger partial charge is 0.227 e. The molecule has 92 valence electrons. The van der Waals surface area contributed by atoms with E-state index in [0.29, 0.717) is 37.7 Å². The molecule has 1 aromatic rings. The van der Waals surface area contributed by atoms with E-state index in [-0.39, 0.29) is 5.91 Å². The molecule has 1 amide bonds. The number of rotatable bonds is 2. The number of carbonyl (C=O) groups excluding carboxylic acids is 1. The minimum Gasteiger partial charge on any atom is -0.378 e. The molecular formula is C12H13BrClNO2. The summed E-state index contributed by atoms with van der Waals surface area (Å²) in [6.07, 6.45) is 0.396. The van der Waals surface area contributed by atoms with E-state index in [9.17, 15) is 4.79 Å². The molecule has 0 aliphatic carbocycles. The third kappa shape index (κ3) is 3.44. The van der Waals surface area contributed by atoms with E-state index in [0.717, 1.165) is 10.0 Å². The van der Waals surface area contributed by atoms with Crippen LogP contribution in [0.4, 0.5) is 0 Å². The molecular weight excluding hydrogens is 305 g/mol. The fourth-order valence-electron chi connectivity index (χ4n) is 1.75. The zero-order valence-corrected chi connectivity index (χ0v) is 11.6. The van der Waals surface area contributed by atoms with Crippen molar-refractivity contribution in [2.75, 3.05) is 26.3 Å². The highest BCUT2D eigenvalue weighted by molar-refractivity contribution is 9.10. The van der Waals surface area contributed by atoms with Crippen molar-refractivity contribution in [3.05, 3.63) is 33.3 Å². The first-order chi connectivity index (χ1) is 8.16. The molecule has 1 fully saturated rings. The average molecular weight is 319 g/mol. The highest BCUT2D eigenvalue weighted by Crippen LogP contribution is 2.23. The van der Waals surface area contributed by atoms with E-state index in [1.165, 1.54) is 0 Å². The molecule has 0 bridgehead atoms. The van der Waals surface area contributed by atoms with Crippen LogP contribution in [-0.2, 0) is 16.0 Å². The number of benzene rings is 1. The number of nitrogens with zero attached hydrogens (tertiary/aromatic N) is 1. The second kappa shape index (κ2) is 5.85. The summed E-state index contributed by atoms with van der Waals surface area (Å²) in [6, 6.07) is 5.60. The van der Waals surface area contributed by atoms with Gasteiger partial charge in [-0.25, -0.2) is 0 Å². The van der Waals surface area contributed by atoms with Crippen molar-refractivity contribution in [3.63, 3.8) is 0 Å². The molecule has 1 saturated heterocycles. The van der Waals surface area contributed by atoms with Gasteiger partial charge in [0, 0.05) is 17.6 Å². The van der Waals surface area contributed by atoms with Crippen molar-refractivity contribution in [3.8, 4) is 0 Å². The van der Waals surface area contributed by atoms with E-state index >= 15 is 0 Å². The van der Waals surface area contributed by atoms with Crippen LogP contribution in [0.5, 0.6) is 0 Å². The maximum atomic E-state index is 12.0. The summed E-state index contributed by atoms with van der Waals surface area (Å²) < 4.78 is 6.06. The first-order valence-corrected chi connectivity index (χ1v) is 6.63. The lowest BCUT2D eigenvalue weighted by molar-refractivity contribution is -0.134. The first kappa shape index (κ1) is 12.9. The third-order valence-electron chi connectivity index (χ3n) is 2.70. The Hall–Kier alpha value is -0.580. The largest absolute Gasteiger partial charge is 0.378 e. The van der Waals surface area contributed by atoms with Gasteiger partial charge in [-0.15, -0.1) is 0 Å². The van der Waals surface area contributed by atoms with Gasteiger partial charge < -0.3 is 9.64 Å². The van der Waals surface area contributed by atoms with Crippen LogP contribution in [0.15, 0.2) is 22.7 Å². The molecule has 2 rings (SSSR count). The van der Waals surface area contributed by atoms with Crippen molar-refractivity contribution < 1.29 is 9.53 Å². The van der Waals surface area contributed by atoms with E-state index in [4.69, 9.17) is 16.3 Å². The summed E-state index contributed by atoms with van der Waals surface area (Å²) in [5.41, 5.74) is 0.940. The van der Waals surface area contributed by atoms with Gasteiger partial charge >= 0.3 is 0 Å². The number of carbonyl (C=O) groups is 1. The summed E-state index contributed by atoms with van der Waals surface area (Å²) in [5, 5.41) is 0.636. The highest BCUT2D eigenvalue weighted by atomic mass is 79.9. The molecule has 5 heteroatoms. The van der Waals surface area contributed by atoms with Gasteiger partial charge in [0.2, 0.25) is 5.91 Å². The zero-order valence-electron chi connectivity index (χ0n) is 9.29. The van der Waals surface area contributed by atoms with Crippen LogP contribution < -0.4 is 0 Å². The van der Waals surface area contributed by atoms with E-state index in [1.54, 1.807) is 0 Å². The Bertz CT molecular complexity index is 419. The van der Waals surface area contributed by atoms with Crippen molar-refractivity contribution >= 4 is 33.4 Å². The van der Waals surface area contributed by atoms with E-state index in [2.05, 4.69) is 15.9 Å². The lowest BCUT2D eigenvalue weighted by Crippen LogP contribution is -2.41. The summed E-state index contributed by atoms with van der Waals surface area (Å²) in [5.74, 6) is 0.131. The Morgan fingerprint density at radius 3 is 2.76 bits per heavy atom. The molecule has 0 spiro atoms. The fraction of sp³-hybridized carbons (Fsp3) is 0.417. The monoisotopic (exact) mass is 317 g/mol. The summed E-state index contributed by atoms with van der Waals surface area (Å²) in [4.78, 5) is 13.8. The minimum absolute atomic E-state index is 0.131. The molecule has 1 aromatic carbocycles. The molecule has 1 aliphatic heterocycles. The normalized spacial score (nSPS) is 16.0. The summed E-state index contributed by atoms with van der Waals surface area (Å²) in [7, 11) is 0. The number of hydrogen-bond acceptors (Lipinski definition) is 2. The standard InChI is InChI=1S/C12H13BrClNO2/c13-10-2-1-9(7-11(10)14)8-12(16)15-3-5-17-6-4-15/h1-2,7H,3-6,8H2. The molecule has 1 aliphatic rings. The van der Waals surface area contributed by atoms with Crippen LogP contribution in [0.1, 0.15) is 5.56 Å². The second-order valence-corrected chi connectivity index (χ2v) is 5.18. The summed E-state index contributed by atoms with van der Waals surface area (Å²) in [6.45, 7) is 2.63. The molecule has 17 heavy (non-hydrogen) atoms. The lowest BCUT2D eigenvalue weighted by atomic mass is 10.1. The SMILES string of the molecule is O=C(Cc1ccc(Br)c(Cl)c1)N1CCOCC1. The van der Waals surface area contributed by atoms with Crippen LogP contribution in [0, 0.1) is 0 Å². The van der Waals surface area contributed by atoms with Gasteiger partial charge in [-0.2, -0.15) is 0 Å². The predicted molar refractivity (Wildman–Crippen MR) is 70.3 cm³/mol. The Labute approximate surface area is 114 Å². The Morgan fingerprint density at radius 2 is 2.12 bits per heavy atom. The Balaban J connectivity index is 1.99. The van der Waals surface area contributed by atoms with Gasteiger partial charge in [-0.05, 0) is 33.6 Å². The molecule has 3 nitrogen and oxygen atoms in total. The highest BCUT2D eigenvalue weighted by Gasteiger charge is 2.17. The van der Waals surface area contributed by atoms with Gasteiger partial charge in [-0.1, -0.05) is 17.7 Å². The molecule has 0 aromatic heterocycles. The topological polar surface area (TPSA) is 29.5 Å². The maximum absolute atomic E-state index is 12.0. The Kier molecular flexibility index (Phi) is 4.42. The average Bonchev–Trinajstić information content (AvgIpc) is 2.35. The molecule has 0 unspecified atom stereocenters. The van der Waals surface area contributed by atoms with Crippen LogP contribution >= 0.6 is 27.5 Å². The van der Waals surface area contributed by atoms with Gasteiger partial charge in [0.1, 0.15) is 0 Å². The lowest BCUT2D eigenvalue weighted by Gasteiger charge is -2.26. The quantitative estimate of drug-likeness (QED) is 0.838. The van der Waals surface area contributed by atoms with E-state index < -0.39 is 0 Å². The predicted octanol–water partition coefficient (Wildman–Crippen LogP) is 2.50. The third-order valence-corrected chi connectivity index (χ3v) is 3.94. The van der Waals surface area contributed by atoms with Crippen LogP contribution in [0.3, 0.4) is 0 Å². The van der Waals surface area contributed by atoms with Crippen molar-refractivity contribution in [2.24, 2.45) is 0 Å². The maximum Gasteiger partial charge on any atom is 0.227 e. The van der Waals surface area contributed by atoms with Gasteiger partial charge in [0.15, 0.2) is 0 Å². The van der Waals surface area contributed by atoms with Gasteiger partial charge in [-0.3, -0.25) is 4.79 Å². The number of amides is 1. The van der Waals surface area contributed by atoms with Crippen LogP contribution in [0.2, 0.25) is 5.02 Å². The number of morpholine rings is 1. The number of ether oxygens (including phenoxy) is 1. The molecule has 0 radical (unpaired) electrons. The molecule has 1 heterocycles. The Morgan fingerprint density at radius 1 is 1.41 bits per heavy atom. The molecule has 0 saturated carbocycles. The van der Waals surface area contributed by atoms with Crippen molar-refractivity contribution in [2.45, 2.75) is 6.42 Å². The van der Waals surface area contributed by atoms with Crippen molar-refractivity contribution in [1.29, 1.82) is 0 Å². The van der Waals surface area contributed by atoms with Crippen LogP contribution in [0.25, 0.3) is 0 Å². The molecule has 0 N–H and O–H groups in total. The van der Waals surface area contributed by atoms with Crippen LogP contribution in [-0.4, -0.2) is 37.1 Å². The van der Waals surface area contributed by atoms with Crippen molar-refractivity contribution in [1.82, 2.24) is 4.90 Å². The van der Waals surface area contributed by atoms with E-state index in [1.807, 2.05) is 23.1 Å². The van der Waals surface area contributed by atoms with Gasteiger partial charge in [0.25, 0.3) is 0 Å². The number of halogens is 2. The van der Waals surface area contributed by atoms with Gasteiger partial charge in [0.05, 0.1) is 24.7 Å².